The largest absolute Gasteiger partial charge is 0.482 e. The van der Waals surface area contributed by atoms with Gasteiger partial charge in [0.15, 0.2) is 13.2 Å². The summed E-state index contributed by atoms with van der Waals surface area (Å²) in [6.07, 6.45) is -0.0769. The van der Waals surface area contributed by atoms with Crippen molar-refractivity contribution in [1.29, 1.82) is 0 Å². The highest BCUT2D eigenvalue weighted by atomic mass is 19.1. The Bertz CT molecular complexity index is 915. The highest BCUT2D eigenvalue weighted by molar-refractivity contribution is 5.98. The van der Waals surface area contributed by atoms with Crippen LogP contribution in [0.4, 0.5) is 15.8 Å². The first kappa shape index (κ1) is 19.3. The van der Waals surface area contributed by atoms with Crippen LogP contribution in [-0.4, -0.2) is 37.5 Å². The van der Waals surface area contributed by atoms with Gasteiger partial charge in [-0.25, -0.2) is 4.39 Å². The van der Waals surface area contributed by atoms with E-state index in [1.165, 1.54) is 17.0 Å². The second kappa shape index (κ2) is 8.51. The summed E-state index contributed by atoms with van der Waals surface area (Å²) >= 11 is 0. The molecule has 28 heavy (non-hydrogen) atoms. The van der Waals surface area contributed by atoms with Gasteiger partial charge in [-0.1, -0.05) is 18.2 Å². The molecule has 2 aromatic carbocycles. The minimum atomic E-state index is -0.623. The van der Waals surface area contributed by atoms with Gasteiger partial charge in [-0.3, -0.25) is 14.4 Å². The number of amides is 2. The van der Waals surface area contributed by atoms with Crippen LogP contribution >= 0.6 is 0 Å². The van der Waals surface area contributed by atoms with E-state index in [1.54, 1.807) is 37.3 Å². The average molecular weight is 386 g/mol. The molecule has 2 amide bonds. The third kappa shape index (κ3) is 4.64. The quantitative estimate of drug-likeness (QED) is 0.771. The number of esters is 1. The Labute approximate surface area is 161 Å². The highest BCUT2D eigenvalue weighted by Crippen LogP contribution is 2.31. The lowest BCUT2D eigenvalue weighted by Gasteiger charge is -2.28. The fraction of sp³-hybridized carbons (Fsp3) is 0.250. The van der Waals surface area contributed by atoms with Gasteiger partial charge in [0.25, 0.3) is 11.8 Å². The van der Waals surface area contributed by atoms with Gasteiger partial charge in [0.05, 0.1) is 12.1 Å². The molecule has 8 heteroatoms. The monoisotopic (exact) mass is 386 g/mol. The first-order valence-electron chi connectivity index (χ1n) is 8.68. The Morgan fingerprint density at radius 2 is 2.04 bits per heavy atom. The lowest BCUT2D eigenvalue weighted by Crippen LogP contribution is -2.40. The number of nitrogens with one attached hydrogen (secondary N) is 1. The maximum absolute atomic E-state index is 13.5. The maximum Gasteiger partial charge on any atom is 0.308 e. The average Bonchev–Trinajstić information content (AvgIpc) is 2.68. The summed E-state index contributed by atoms with van der Waals surface area (Å²) in [5.41, 5.74) is 1.33. The van der Waals surface area contributed by atoms with Crippen molar-refractivity contribution in [3.05, 3.63) is 53.8 Å². The fourth-order valence-corrected chi connectivity index (χ4v) is 2.69. The van der Waals surface area contributed by atoms with Gasteiger partial charge in [-0.15, -0.1) is 0 Å². The normalized spacial score (nSPS) is 12.8. The van der Waals surface area contributed by atoms with Gasteiger partial charge in [0.2, 0.25) is 0 Å². The molecule has 7 nitrogen and oxygen atoms in total. The van der Waals surface area contributed by atoms with Gasteiger partial charge in [0.1, 0.15) is 11.6 Å². The molecule has 1 heterocycles. The Morgan fingerprint density at radius 1 is 1.25 bits per heavy atom. The van der Waals surface area contributed by atoms with Crippen molar-refractivity contribution >= 4 is 29.2 Å². The molecule has 2 aromatic rings. The SMILES string of the molecule is Cc1ccc(NC(=O)COC(=O)CCN2C(=O)COc3ccccc32)cc1F. The number of ether oxygens (including phenoxy) is 2. The summed E-state index contributed by atoms with van der Waals surface area (Å²) in [4.78, 5) is 37.3. The molecule has 0 aliphatic carbocycles. The predicted molar refractivity (Wildman–Crippen MR) is 99.6 cm³/mol. The molecule has 0 spiro atoms. The number of fused-ring (bicyclic) bond motifs is 1. The lowest BCUT2D eigenvalue weighted by atomic mass is 10.2. The summed E-state index contributed by atoms with van der Waals surface area (Å²) in [5, 5.41) is 2.45. The molecule has 1 aliphatic heterocycles. The Morgan fingerprint density at radius 3 is 2.82 bits per heavy atom. The molecule has 0 aromatic heterocycles. The fourth-order valence-electron chi connectivity index (χ4n) is 2.69. The number of hydrogen-bond acceptors (Lipinski definition) is 5. The molecule has 0 unspecified atom stereocenters. The summed E-state index contributed by atoms with van der Waals surface area (Å²) in [6.45, 7) is 1.13. The maximum atomic E-state index is 13.5. The van der Waals surface area contributed by atoms with E-state index in [0.717, 1.165) is 0 Å². The minimum absolute atomic E-state index is 0.0769. The van der Waals surface area contributed by atoms with Gasteiger partial charge in [0, 0.05) is 12.2 Å². The van der Waals surface area contributed by atoms with E-state index in [1.807, 2.05) is 0 Å². The summed E-state index contributed by atoms with van der Waals surface area (Å²) in [5.74, 6) is -1.33. The molecular formula is C20H19FN2O5. The number of hydrogen-bond donors (Lipinski definition) is 1. The molecule has 0 atom stereocenters. The predicted octanol–water partition coefficient (Wildman–Crippen LogP) is 2.43. The molecule has 0 radical (unpaired) electrons. The van der Waals surface area contributed by atoms with Crippen molar-refractivity contribution in [3.63, 3.8) is 0 Å². The third-order valence-corrected chi connectivity index (χ3v) is 4.17. The van der Waals surface area contributed by atoms with Crippen molar-refractivity contribution in [1.82, 2.24) is 0 Å². The first-order chi connectivity index (χ1) is 13.4. The Hall–Kier alpha value is -3.42. The molecular weight excluding hydrogens is 367 g/mol. The summed E-state index contributed by atoms with van der Waals surface area (Å²) < 4.78 is 23.7. The smallest absolute Gasteiger partial charge is 0.308 e. The van der Waals surface area contributed by atoms with Gasteiger partial charge in [-0.2, -0.15) is 0 Å². The second-order valence-corrected chi connectivity index (χ2v) is 6.22. The number of nitrogens with zero attached hydrogens (tertiary/aromatic N) is 1. The van der Waals surface area contributed by atoms with Gasteiger partial charge < -0.3 is 19.7 Å². The van der Waals surface area contributed by atoms with E-state index in [2.05, 4.69) is 5.32 Å². The van der Waals surface area contributed by atoms with Crippen LogP contribution < -0.4 is 15.0 Å². The molecule has 146 valence electrons. The molecule has 3 rings (SSSR count). The minimum Gasteiger partial charge on any atom is -0.482 e. The number of halogens is 1. The topological polar surface area (TPSA) is 84.9 Å². The van der Waals surface area contributed by atoms with E-state index >= 15 is 0 Å². The zero-order valence-corrected chi connectivity index (χ0v) is 15.2. The van der Waals surface area contributed by atoms with E-state index < -0.39 is 24.3 Å². The number of benzene rings is 2. The van der Waals surface area contributed by atoms with Crippen LogP contribution in [0.25, 0.3) is 0 Å². The number of anilines is 2. The van der Waals surface area contributed by atoms with Crippen molar-refractivity contribution in [2.45, 2.75) is 13.3 Å². The molecule has 0 saturated heterocycles. The van der Waals surface area contributed by atoms with Crippen molar-refractivity contribution < 1.29 is 28.2 Å². The van der Waals surface area contributed by atoms with Crippen LogP contribution in [0.15, 0.2) is 42.5 Å². The van der Waals surface area contributed by atoms with Crippen LogP contribution in [0, 0.1) is 12.7 Å². The molecule has 0 fully saturated rings. The number of carbonyl (C=O) groups excluding carboxylic acids is 3. The van der Waals surface area contributed by atoms with Crippen LogP contribution in [-0.2, 0) is 19.1 Å². The van der Waals surface area contributed by atoms with Crippen LogP contribution in [0.5, 0.6) is 5.75 Å². The van der Waals surface area contributed by atoms with E-state index in [9.17, 15) is 18.8 Å². The number of rotatable bonds is 6. The van der Waals surface area contributed by atoms with Crippen molar-refractivity contribution in [2.75, 3.05) is 30.0 Å². The van der Waals surface area contributed by atoms with E-state index in [0.29, 0.717) is 17.0 Å². The summed E-state index contributed by atoms with van der Waals surface area (Å²) in [6, 6.07) is 11.3. The second-order valence-electron chi connectivity index (χ2n) is 6.22. The van der Waals surface area contributed by atoms with Crippen molar-refractivity contribution in [2.24, 2.45) is 0 Å². The third-order valence-electron chi connectivity index (χ3n) is 4.17. The Kier molecular flexibility index (Phi) is 5.88. The molecule has 0 saturated carbocycles. The molecule has 0 bridgehead atoms. The van der Waals surface area contributed by atoms with Gasteiger partial charge in [-0.05, 0) is 36.8 Å². The standard InChI is InChI=1S/C20H19FN2O5/c1-13-6-7-14(10-15(13)21)22-18(24)11-28-20(26)8-9-23-16-4-2-3-5-17(16)27-12-19(23)25/h2-7,10H,8-9,11-12H2,1H3,(H,22,24). The number of aryl methyl sites for hydroxylation is 1. The van der Waals surface area contributed by atoms with Crippen molar-refractivity contribution in [3.8, 4) is 5.75 Å². The number of carbonyl (C=O) groups is 3. The lowest BCUT2D eigenvalue weighted by molar-refractivity contribution is -0.147. The zero-order chi connectivity index (χ0) is 20.1. The van der Waals surface area contributed by atoms with Crippen LogP contribution in [0.2, 0.25) is 0 Å². The summed E-state index contributed by atoms with van der Waals surface area (Å²) in [7, 11) is 0. The van der Waals surface area contributed by atoms with E-state index in [-0.39, 0.29) is 31.2 Å². The zero-order valence-electron chi connectivity index (χ0n) is 15.2. The number of para-hydroxylation sites is 2. The molecule has 1 N–H and O–H groups in total. The van der Waals surface area contributed by atoms with Crippen LogP contribution in [0.3, 0.4) is 0 Å². The van der Waals surface area contributed by atoms with Gasteiger partial charge >= 0.3 is 5.97 Å². The van der Waals surface area contributed by atoms with Crippen LogP contribution in [0.1, 0.15) is 12.0 Å². The highest BCUT2D eigenvalue weighted by Gasteiger charge is 2.25. The molecule has 1 aliphatic rings. The Balaban J connectivity index is 1.47. The first-order valence-corrected chi connectivity index (χ1v) is 8.68. The van der Waals surface area contributed by atoms with E-state index in [4.69, 9.17) is 9.47 Å².